The van der Waals surface area contributed by atoms with Crippen molar-refractivity contribution in [1.82, 2.24) is 0 Å². The van der Waals surface area contributed by atoms with Gasteiger partial charge in [0, 0.05) is 16.7 Å². The number of hydrogen-bond donors (Lipinski definition) is 1. The van der Waals surface area contributed by atoms with Crippen LogP contribution in [0.1, 0.15) is 37.7 Å². The van der Waals surface area contributed by atoms with E-state index in [1.165, 1.54) is 47.8 Å². The Kier molecular flexibility index (Phi) is 4.28. The maximum atomic E-state index is 3.59. The third kappa shape index (κ3) is 3.24. The van der Waals surface area contributed by atoms with Crippen molar-refractivity contribution in [3.05, 3.63) is 28.2 Å². The van der Waals surface area contributed by atoms with Crippen LogP contribution in [-0.4, -0.2) is 6.54 Å². The van der Waals surface area contributed by atoms with Crippen LogP contribution in [0.15, 0.2) is 22.7 Å². The molecule has 2 heteroatoms. The van der Waals surface area contributed by atoms with Crippen molar-refractivity contribution in [2.24, 2.45) is 5.92 Å². The van der Waals surface area contributed by atoms with Gasteiger partial charge in [-0.3, -0.25) is 0 Å². The number of rotatable bonds is 3. The molecule has 0 unspecified atom stereocenters. The number of halogens is 1. The normalized spacial score (nSPS) is 17.4. The summed E-state index contributed by atoms with van der Waals surface area (Å²) in [5, 5.41) is 3.58. The van der Waals surface area contributed by atoms with Crippen molar-refractivity contribution >= 4 is 21.6 Å². The molecule has 0 amide bonds. The number of hydrogen-bond acceptors (Lipinski definition) is 1. The largest absolute Gasteiger partial charge is 0.384 e. The van der Waals surface area contributed by atoms with Crippen molar-refractivity contribution < 1.29 is 0 Å². The van der Waals surface area contributed by atoms with Gasteiger partial charge in [0.2, 0.25) is 0 Å². The topological polar surface area (TPSA) is 12.0 Å². The lowest BCUT2D eigenvalue weighted by atomic mass is 9.89. The molecule has 1 aromatic rings. The summed E-state index contributed by atoms with van der Waals surface area (Å²) in [7, 11) is 0. The number of benzene rings is 1. The van der Waals surface area contributed by atoms with Crippen LogP contribution in [0.3, 0.4) is 0 Å². The van der Waals surface area contributed by atoms with Gasteiger partial charge in [-0.1, -0.05) is 25.3 Å². The van der Waals surface area contributed by atoms with Crippen LogP contribution in [0.2, 0.25) is 0 Å². The van der Waals surface area contributed by atoms with Crippen LogP contribution in [0.25, 0.3) is 0 Å². The predicted octanol–water partition coefficient (Wildman–Crippen LogP) is 4.75. The average molecular weight is 282 g/mol. The van der Waals surface area contributed by atoms with Crippen LogP contribution in [-0.2, 0) is 0 Å². The van der Waals surface area contributed by atoms with E-state index in [1.807, 2.05) is 0 Å². The Hall–Kier alpha value is -0.500. The molecule has 1 fully saturated rings. The maximum absolute atomic E-state index is 3.59. The lowest BCUT2D eigenvalue weighted by molar-refractivity contribution is 0.373. The summed E-state index contributed by atoms with van der Waals surface area (Å²) in [6.07, 6.45) is 7.07. The van der Waals surface area contributed by atoms with E-state index in [2.05, 4.69) is 46.4 Å². The van der Waals surface area contributed by atoms with E-state index in [0.717, 1.165) is 12.5 Å². The lowest BCUT2D eigenvalue weighted by Crippen LogP contribution is -2.17. The van der Waals surface area contributed by atoms with E-state index in [0.29, 0.717) is 0 Å². The van der Waals surface area contributed by atoms with Crippen molar-refractivity contribution in [3.8, 4) is 0 Å². The second kappa shape index (κ2) is 5.72. The Morgan fingerprint density at radius 3 is 2.75 bits per heavy atom. The molecule has 88 valence electrons. The molecule has 0 aromatic heterocycles. The Labute approximate surface area is 107 Å². The fraction of sp³-hybridized carbons (Fsp3) is 0.571. The fourth-order valence-corrected chi connectivity index (χ4v) is 2.81. The zero-order valence-electron chi connectivity index (χ0n) is 9.93. The molecule has 1 aliphatic rings. The second-order valence-corrected chi connectivity index (χ2v) is 5.72. The van der Waals surface area contributed by atoms with Gasteiger partial charge in [0.05, 0.1) is 0 Å². The van der Waals surface area contributed by atoms with E-state index in [1.54, 1.807) is 0 Å². The smallest absolute Gasteiger partial charge is 0.0487 e. The van der Waals surface area contributed by atoms with Gasteiger partial charge in [0.1, 0.15) is 0 Å². The molecule has 16 heavy (non-hydrogen) atoms. The first kappa shape index (κ1) is 12.0. The van der Waals surface area contributed by atoms with E-state index in [9.17, 15) is 0 Å². The molecule has 1 N–H and O–H groups in total. The van der Waals surface area contributed by atoms with Gasteiger partial charge < -0.3 is 5.32 Å². The molecule has 0 bridgehead atoms. The molecule has 0 radical (unpaired) electrons. The maximum Gasteiger partial charge on any atom is 0.0487 e. The first-order valence-electron chi connectivity index (χ1n) is 6.26. The molecule has 0 spiro atoms. The first-order valence-corrected chi connectivity index (χ1v) is 7.05. The van der Waals surface area contributed by atoms with Gasteiger partial charge in [-0.15, -0.1) is 0 Å². The Bertz CT molecular complexity index is 343. The predicted molar refractivity (Wildman–Crippen MR) is 73.9 cm³/mol. The molecule has 1 aliphatic carbocycles. The minimum atomic E-state index is 0.876. The van der Waals surface area contributed by atoms with Gasteiger partial charge in [-0.2, -0.15) is 0 Å². The minimum absolute atomic E-state index is 0.876. The minimum Gasteiger partial charge on any atom is -0.384 e. The lowest BCUT2D eigenvalue weighted by Gasteiger charge is -2.22. The van der Waals surface area contributed by atoms with Gasteiger partial charge in [-0.05, 0) is 59.3 Å². The monoisotopic (exact) mass is 281 g/mol. The summed E-state index contributed by atoms with van der Waals surface area (Å²) in [5.74, 6) is 0.876. The van der Waals surface area contributed by atoms with E-state index >= 15 is 0 Å². The van der Waals surface area contributed by atoms with Crippen LogP contribution in [0, 0.1) is 12.8 Å². The summed E-state index contributed by atoms with van der Waals surface area (Å²) in [5.41, 5.74) is 2.56. The highest BCUT2D eigenvalue weighted by Crippen LogP contribution is 2.27. The van der Waals surface area contributed by atoms with Crippen LogP contribution in [0.4, 0.5) is 5.69 Å². The molecular formula is C14H20BrN. The highest BCUT2D eigenvalue weighted by molar-refractivity contribution is 9.10. The van der Waals surface area contributed by atoms with E-state index in [4.69, 9.17) is 0 Å². The van der Waals surface area contributed by atoms with Gasteiger partial charge in [0.25, 0.3) is 0 Å². The van der Waals surface area contributed by atoms with Crippen LogP contribution >= 0.6 is 15.9 Å². The molecule has 0 heterocycles. The first-order chi connectivity index (χ1) is 7.75. The average Bonchev–Trinajstić information content (AvgIpc) is 2.32. The Morgan fingerprint density at radius 2 is 2.00 bits per heavy atom. The molecule has 1 saturated carbocycles. The third-order valence-corrected chi connectivity index (χ3v) is 4.12. The van der Waals surface area contributed by atoms with Crippen molar-refractivity contribution in [3.63, 3.8) is 0 Å². The van der Waals surface area contributed by atoms with E-state index in [-0.39, 0.29) is 0 Å². The fourth-order valence-electron chi connectivity index (χ4n) is 2.42. The number of anilines is 1. The standard InChI is InChI=1S/C14H20BrN/c1-11-7-8-13(15)14(9-11)16-10-12-5-3-2-4-6-12/h7-9,12,16H,2-6,10H2,1H3. The van der Waals surface area contributed by atoms with Crippen molar-refractivity contribution in [1.29, 1.82) is 0 Å². The van der Waals surface area contributed by atoms with Gasteiger partial charge in [-0.25, -0.2) is 0 Å². The van der Waals surface area contributed by atoms with Crippen molar-refractivity contribution in [2.75, 3.05) is 11.9 Å². The molecule has 1 nitrogen and oxygen atoms in total. The highest BCUT2D eigenvalue weighted by Gasteiger charge is 2.13. The summed E-state index contributed by atoms with van der Waals surface area (Å²) in [4.78, 5) is 0. The van der Waals surface area contributed by atoms with Gasteiger partial charge >= 0.3 is 0 Å². The number of aryl methyl sites for hydroxylation is 1. The van der Waals surface area contributed by atoms with Crippen LogP contribution < -0.4 is 5.32 Å². The summed E-state index contributed by atoms with van der Waals surface area (Å²) in [6, 6.07) is 6.47. The Morgan fingerprint density at radius 1 is 1.25 bits per heavy atom. The van der Waals surface area contributed by atoms with Crippen molar-refractivity contribution in [2.45, 2.75) is 39.0 Å². The highest BCUT2D eigenvalue weighted by atomic mass is 79.9. The summed E-state index contributed by atoms with van der Waals surface area (Å²) < 4.78 is 1.17. The summed E-state index contributed by atoms with van der Waals surface area (Å²) >= 11 is 3.59. The molecular weight excluding hydrogens is 262 g/mol. The summed E-state index contributed by atoms with van der Waals surface area (Å²) in [6.45, 7) is 3.26. The molecule has 0 saturated heterocycles. The van der Waals surface area contributed by atoms with Crippen LogP contribution in [0.5, 0.6) is 0 Å². The molecule has 2 rings (SSSR count). The SMILES string of the molecule is Cc1ccc(Br)c(NCC2CCCCC2)c1. The Balaban J connectivity index is 1.90. The molecule has 0 atom stereocenters. The quantitative estimate of drug-likeness (QED) is 0.843. The second-order valence-electron chi connectivity index (χ2n) is 4.87. The third-order valence-electron chi connectivity index (χ3n) is 3.43. The van der Waals surface area contributed by atoms with Gasteiger partial charge in [0.15, 0.2) is 0 Å². The molecule has 1 aromatic carbocycles. The number of nitrogens with one attached hydrogen (secondary N) is 1. The molecule has 0 aliphatic heterocycles. The van der Waals surface area contributed by atoms with E-state index < -0.39 is 0 Å². The zero-order valence-corrected chi connectivity index (χ0v) is 11.5. The zero-order chi connectivity index (χ0) is 11.4.